The monoisotopic (exact) mass is 456 g/mol. The van der Waals surface area contributed by atoms with E-state index in [2.05, 4.69) is 10.1 Å². The smallest absolute Gasteiger partial charge is 0.268 e. The molecule has 0 fully saturated rings. The van der Waals surface area contributed by atoms with Crippen LogP contribution in [0.4, 0.5) is 18.9 Å². The lowest BCUT2D eigenvalue weighted by molar-refractivity contribution is -0.137. The summed E-state index contributed by atoms with van der Waals surface area (Å²) in [5, 5.41) is 4.29. The number of pyridine rings is 1. The zero-order valence-corrected chi connectivity index (χ0v) is 17.1. The Morgan fingerprint density at radius 1 is 1.00 bits per heavy atom. The first-order valence-electron chi connectivity index (χ1n) is 9.35. The lowest BCUT2D eigenvalue weighted by Crippen LogP contribution is -2.29. The predicted molar refractivity (Wildman–Crippen MR) is 112 cm³/mol. The maximum Gasteiger partial charge on any atom is 0.417 e. The van der Waals surface area contributed by atoms with Gasteiger partial charge < -0.3 is 0 Å². The van der Waals surface area contributed by atoms with Crippen LogP contribution >= 0.6 is 11.6 Å². The van der Waals surface area contributed by atoms with Crippen LogP contribution in [0.3, 0.4) is 0 Å². The van der Waals surface area contributed by atoms with Crippen molar-refractivity contribution < 1.29 is 22.8 Å². The van der Waals surface area contributed by atoms with Gasteiger partial charge in [-0.05, 0) is 18.2 Å². The molecule has 10 heteroatoms. The molecule has 0 saturated heterocycles. The Hall–Kier alpha value is -3.72. The molecule has 3 heterocycles. The summed E-state index contributed by atoms with van der Waals surface area (Å²) in [5.74, 6) is -1.52. The Morgan fingerprint density at radius 2 is 1.72 bits per heavy atom. The van der Waals surface area contributed by atoms with Crippen LogP contribution in [-0.2, 0) is 13.2 Å². The van der Waals surface area contributed by atoms with Crippen LogP contribution in [-0.4, -0.2) is 26.6 Å². The summed E-state index contributed by atoms with van der Waals surface area (Å²) in [6.45, 7) is 0. The van der Waals surface area contributed by atoms with Gasteiger partial charge in [-0.2, -0.15) is 18.3 Å². The van der Waals surface area contributed by atoms with Crippen LogP contribution < -0.4 is 4.90 Å². The van der Waals surface area contributed by atoms with Crippen molar-refractivity contribution in [2.75, 3.05) is 4.90 Å². The summed E-state index contributed by atoms with van der Waals surface area (Å²) in [4.78, 5) is 31.5. The Bertz CT molecular complexity index is 1430. The van der Waals surface area contributed by atoms with Gasteiger partial charge in [-0.3, -0.25) is 9.59 Å². The quantitative estimate of drug-likeness (QED) is 0.393. The molecule has 2 aromatic heterocycles. The summed E-state index contributed by atoms with van der Waals surface area (Å²) in [6.07, 6.45) is -3.50. The first-order valence-corrected chi connectivity index (χ1v) is 9.73. The minimum atomic E-state index is -4.75. The number of imide groups is 1. The molecule has 0 bridgehead atoms. The first kappa shape index (κ1) is 20.2. The van der Waals surface area contributed by atoms with Gasteiger partial charge in [0.05, 0.1) is 32.8 Å². The van der Waals surface area contributed by atoms with Gasteiger partial charge in [-0.25, -0.2) is 14.6 Å². The van der Waals surface area contributed by atoms with Gasteiger partial charge in [0.1, 0.15) is 5.69 Å². The van der Waals surface area contributed by atoms with E-state index in [0.29, 0.717) is 33.3 Å². The Kier molecular flexibility index (Phi) is 4.35. The molecule has 1 aliphatic heterocycles. The third-order valence-corrected chi connectivity index (χ3v) is 5.59. The second kappa shape index (κ2) is 6.89. The molecule has 32 heavy (non-hydrogen) atoms. The lowest BCUT2D eigenvalue weighted by Gasteiger charge is -2.17. The van der Waals surface area contributed by atoms with Crippen molar-refractivity contribution in [2.24, 2.45) is 7.05 Å². The second-order valence-corrected chi connectivity index (χ2v) is 7.60. The van der Waals surface area contributed by atoms with Gasteiger partial charge >= 0.3 is 6.18 Å². The number of rotatable bonds is 2. The number of fused-ring (bicyclic) bond motifs is 3. The third-order valence-electron chi connectivity index (χ3n) is 5.26. The van der Waals surface area contributed by atoms with E-state index in [-0.39, 0.29) is 16.8 Å². The van der Waals surface area contributed by atoms with E-state index < -0.39 is 28.6 Å². The zero-order chi connectivity index (χ0) is 22.8. The van der Waals surface area contributed by atoms with Crippen LogP contribution in [0.15, 0.2) is 54.7 Å². The van der Waals surface area contributed by atoms with Gasteiger partial charge in [-0.1, -0.05) is 41.9 Å². The Balaban J connectivity index is 1.72. The molecule has 1 aliphatic rings. The molecule has 0 N–H and O–H groups in total. The SMILES string of the molecule is Cn1nc(-c2ccccc2)c2c3c(cnc21)C(=O)N(c1ccc(Cl)c(C(F)(F)F)c1)C3=O. The molecule has 0 atom stereocenters. The number of carbonyl (C=O) groups is 2. The Morgan fingerprint density at radius 3 is 2.41 bits per heavy atom. The zero-order valence-electron chi connectivity index (χ0n) is 16.3. The summed E-state index contributed by atoms with van der Waals surface area (Å²) in [5.41, 5.74) is 0.207. The number of aromatic nitrogens is 3. The van der Waals surface area contributed by atoms with Crippen molar-refractivity contribution in [3.05, 3.63) is 76.4 Å². The normalized spacial score (nSPS) is 13.8. The van der Waals surface area contributed by atoms with E-state index >= 15 is 0 Å². The van der Waals surface area contributed by atoms with Gasteiger partial charge in [-0.15, -0.1) is 0 Å². The number of amides is 2. The highest BCUT2D eigenvalue weighted by Crippen LogP contribution is 2.40. The third kappa shape index (κ3) is 2.89. The molecule has 2 amide bonds. The van der Waals surface area contributed by atoms with Crippen LogP contribution in [0.5, 0.6) is 0 Å². The molecular formula is C22H12ClF3N4O2. The lowest BCUT2D eigenvalue weighted by atomic mass is 10.0. The number of alkyl halides is 3. The minimum absolute atomic E-state index is 0.00353. The Labute approximate surface area is 183 Å². The number of hydrogen-bond donors (Lipinski definition) is 0. The van der Waals surface area contributed by atoms with Gasteiger partial charge in [0.25, 0.3) is 11.8 Å². The average Bonchev–Trinajstić information content (AvgIpc) is 3.22. The molecule has 2 aromatic carbocycles. The summed E-state index contributed by atoms with van der Waals surface area (Å²) in [7, 11) is 1.65. The molecule has 5 rings (SSSR count). The van der Waals surface area contributed by atoms with Gasteiger partial charge in [0.15, 0.2) is 5.65 Å². The van der Waals surface area contributed by atoms with Gasteiger partial charge in [0.2, 0.25) is 0 Å². The molecule has 6 nitrogen and oxygen atoms in total. The highest BCUT2D eigenvalue weighted by atomic mass is 35.5. The summed E-state index contributed by atoms with van der Waals surface area (Å²) < 4.78 is 41.5. The molecule has 0 unspecified atom stereocenters. The van der Waals surface area contributed by atoms with E-state index in [4.69, 9.17) is 11.6 Å². The second-order valence-electron chi connectivity index (χ2n) is 7.19. The number of carbonyl (C=O) groups excluding carboxylic acids is 2. The highest BCUT2D eigenvalue weighted by molar-refractivity contribution is 6.38. The van der Waals surface area contributed by atoms with Crippen molar-refractivity contribution in [3.63, 3.8) is 0 Å². The first-order chi connectivity index (χ1) is 15.2. The van der Waals surface area contributed by atoms with E-state index in [1.54, 1.807) is 31.3 Å². The maximum atomic E-state index is 13.4. The molecular weight excluding hydrogens is 445 g/mol. The minimum Gasteiger partial charge on any atom is -0.268 e. The van der Waals surface area contributed by atoms with Crippen molar-refractivity contribution in [1.29, 1.82) is 0 Å². The van der Waals surface area contributed by atoms with Crippen molar-refractivity contribution in [1.82, 2.24) is 14.8 Å². The fourth-order valence-electron chi connectivity index (χ4n) is 3.83. The van der Waals surface area contributed by atoms with E-state index in [0.717, 1.165) is 6.07 Å². The molecule has 0 aliphatic carbocycles. The molecule has 0 radical (unpaired) electrons. The number of benzene rings is 2. The van der Waals surface area contributed by atoms with Crippen LogP contribution in [0, 0.1) is 0 Å². The van der Waals surface area contributed by atoms with E-state index in [9.17, 15) is 22.8 Å². The predicted octanol–water partition coefficient (Wildman–Crippen LogP) is 5.11. The largest absolute Gasteiger partial charge is 0.417 e. The molecule has 160 valence electrons. The van der Waals surface area contributed by atoms with Crippen LogP contribution in [0.1, 0.15) is 26.3 Å². The van der Waals surface area contributed by atoms with E-state index in [1.807, 2.05) is 6.07 Å². The van der Waals surface area contributed by atoms with Crippen molar-refractivity contribution in [2.45, 2.75) is 6.18 Å². The summed E-state index contributed by atoms with van der Waals surface area (Å²) >= 11 is 5.69. The fourth-order valence-corrected chi connectivity index (χ4v) is 4.05. The fraction of sp³-hybridized carbons (Fsp3) is 0.0909. The average molecular weight is 457 g/mol. The number of nitrogens with zero attached hydrogens (tertiary/aromatic N) is 4. The number of halogens is 4. The maximum absolute atomic E-state index is 13.4. The van der Waals surface area contributed by atoms with Crippen LogP contribution in [0.2, 0.25) is 5.02 Å². The molecule has 4 aromatic rings. The van der Waals surface area contributed by atoms with Crippen LogP contribution in [0.25, 0.3) is 22.3 Å². The van der Waals surface area contributed by atoms with Gasteiger partial charge in [0, 0.05) is 18.8 Å². The standard InChI is InChI=1S/C22H12ClF3N4O2/c1-29-19-17(18(28-29)11-5-3-2-4-6-11)16-13(10-27-19)20(31)30(21(16)32)12-7-8-15(23)14(9-12)22(24,25)26/h2-10H,1H3. The molecule has 0 spiro atoms. The topological polar surface area (TPSA) is 68.1 Å². The molecule has 0 saturated carbocycles. The summed E-state index contributed by atoms with van der Waals surface area (Å²) in [6, 6.07) is 11.9. The van der Waals surface area contributed by atoms with Crippen molar-refractivity contribution in [3.8, 4) is 11.3 Å². The number of anilines is 1. The van der Waals surface area contributed by atoms with Crippen molar-refractivity contribution >= 4 is 40.1 Å². The number of aryl methyl sites for hydroxylation is 1. The highest BCUT2D eigenvalue weighted by Gasteiger charge is 2.42. The number of hydrogen-bond acceptors (Lipinski definition) is 4. The van der Waals surface area contributed by atoms with E-state index in [1.165, 1.54) is 16.9 Å².